The lowest BCUT2D eigenvalue weighted by Gasteiger charge is -2.37. The fourth-order valence-corrected chi connectivity index (χ4v) is 4.51. The van der Waals surface area contributed by atoms with E-state index in [0.717, 1.165) is 24.6 Å². The molecule has 5 rings (SSSR count). The number of halogens is 2. The van der Waals surface area contributed by atoms with Gasteiger partial charge in [-0.15, -0.1) is 5.10 Å². The first-order valence-electron chi connectivity index (χ1n) is 11.1. The first-order chi connectivity index (χ1) is 16.1. The van der Waals surface area contributed by atoms with E-state index in [2.05, 4.69) is 32.0 Å². The molecule has 12 heteroatoms. The molecule has 0 amide bonds. The predicted octanol–water partition coefficient (Wildman–Crippen LogP) is 1.85. The summed E-state index contributed by atoms with van der Waals surface area (Å²) in [6, 6.07) is 2.19. The molecule has 180 valence electrons. The quantitative estimate of drug-likeness (QED) is 0.401. The molecular formula is C22H26F2N8O2. The van der Waals surface area contributed by atoms with Gasteiger partial charge in [-0.25, -0.2) is 18.7 Å². The Bertz CT molecular complexity index is 1370. The zero-order chi connectivity index (χ0) is 24.2. The molecule has 3 aromatic heterocycles. The van der Waals surface area contributed by atoms with Crippen LogP contribution in [0.2, 0.25) is 0 Å². The van der Waals surface area contributed by atoms with Gasteiger partial charge in [0.05, 0.1) is 30.4 Å². The number of anilines is 2. The van der Waals surface area contributed by atoms with Crippen LogP contribution in [-0.4, -0.2) is 64.4 Å². The van der Waals surface area contributed by atoms with Gasteiger partial charge in [-0.3, -0.25) is 4.68 Å². The maximum atomic E-state index is 14.3. The molecular weight excluding hydrogens is 446 g/mol. The van der Waals surface area contributed by atoms with Gasteiger partial charge in [0.15, 0.2) is 17.3 Å². The van der Waals surface area contributed by atoms with E-state index in [9.17, 15) is 19.0 Å². The molecule has 0 bridgehead atoms. The Kier molecular flexibility index (Phi) is 5.36. The summed E-state index contributed by atoms with van der Waals surface area (Å²) in [6.45, 7) is 4.06. The van der Waals surface area contributed by atoms with Crippen LogP contribution in [0.4, 0.5) is 20.4 Å². The van der Waals surface area contributed by atoms with Crippen LogP contribution in [0.1, 0.15) is 38.4 Å². The number of aliphatic hydroxyl groups is 2. The van der Waals surface area contributed by atoms with Crippen LogP contribution >= 0.6 is 0 Å². The molecule has 4 aromatic rings. The molecule has 1 saturated heterocycles. The van der Waals surface area contributed by atoms with E-state index in [-0.39, 0.29) is 47.6 Å². The topological polar surface area (TPSA) is 131 Å². The van der Waals surface area contributed by atoms with Gasteiger partial charge in [0.1, 0.15) is 16.9 Å². The average Bonchev–Trinajstić information content (AvgIpc) is 3.43. The van der Waals surface area contributed by atoms with E-state index in [0.29, 0.717) is 12.4 Å². The zero-order valence-corrected chi connectivity index (χ0v) is 18.9. The monoisotopic (exact) mass is 472 g/mol. The highest BCUT2D eigenvalue weighted by atomic mass is 19.1. The molecule has 1 aliphatic rings. The first kappa shape index (κ1) is 22.4. The van der Waals surface area contributed by atoms with Crippen molar-refractivity contribution in [3.8, 4) is 0 Å². The third-order valence-corrected chi connectivity index (χ3v) is 6.38. The van der Waals surface area contributed by atoms with Gasteiger partial charge in [0.2, 0.25) is 5.95 Å². The van der Waals surface area contributed by atoms with Crippen LogP contribution < -0.4 is 10.6 Å². The number of aliphatic hydroxyl groups excluding tert-OH is 1. The number of hydrogen-bond acceptors (Lipinski definition) is 8. The molecule has 0 unspecified atom stereocenters. The Morgan fingerprint density at radius 1 is 1.24 bits per heavy atom. The summed E-state index contributed by atoms with van der Waals surface area (Å²) in [5.41, 5.74) is 5.84. The summed E-state index contributed by atoms with van der Waals surface area (Å²) in [6.07, 6.45) is 5.26. The lowest BCUT2D eigenvalue weighted by molar-refractivity contribution is -0.0145. The summed E-state index contributed by atoms with van der Waals surface area (Å²) in [5.74, 6) is -1.07. The predicted molar refractivity (Wildman–Crippen MR) is 121 cm³/mol. The molecule has 1 aliphatic heterocycles. The number of benzene rings is 1. The van der Waals surface area contributed by atoms with Crippen molar-refractivity contribution >= 4 is 28.2 Å². The summed E-state index contributed by atoms with van der Waals surface area (Å²) < 4.78 is 31.1. The van der Waals surface area contributed by atoms with Crippen LogP contribution in [0, 0.1) is 11.6 Å². The number of hydrogen-bond donors (Lipinski definition) is 3. The number of fused-ring (bicyclic) bond motifs is 3. The van der Waals surface area contributed by atoms with Crippen molar-refractivity contribution in [3.63, 3.8) is 0 Å². The van der Waals surface area contributed by atoms with E-state index in [1.807, 2.05) is 6.20 Å². The Hall–Kier alpha value is -3.38. The molecule has 0 aliphatic carbocycles. The van der Waals surface area contributed by atoms with Crippen LogP contribution in [0.5, 0.6) is 0 Å². The molecule has 0 radical (unpaired) electrons. The molecule has 0 saturated carbocycles. The minimum absolute atomic E-state index is 0.0231. The number of nitrogen functional groups attached to an aromatic ring is 1. The zero-order valence-electron chi connectivity index (χ0n) is 18.9. The van der Waals surface area contributed by atoms with Gasteiger partial charge >= 0.3 is 0 Å². The van der Waals surface area contributed by atoms with Gasteiger partial charge in [-0.05, 0) is 32.8 Å². The van der Waals surface area contributed by atoms with E-state index in [1.54, 1.807) is 17.8 Å². The van der Waals surface area contributed by atoms with Gasteiger partial charge in [-0.2, -0.15) is 9.61 Å². The van der Waals surface area contributed by atoms with Crippen molar-refractivity contribution in [3.05, 3.63) is 42.0 Å². The van der Waals surface area contributed by atoms with E-state index >= 15 is 0 Å². The normalized spacial score (nSPS) is 20.8. The Morgan fingerprint density at radius 2 is 2.03 bits per heavy atom. The smallest absolute Gasteiger partial charge is 0.223 e. The molecule has 34 heavy (non-hydrogen) atoms. The van der Waals surface area contributed by atoms with Crippen molar-refractivity contribution in [2.24, 2.45) is 0 Å². The van der Waals surface area contributed by atoms with Crippen molar-refractivity contribution < 1.29 is 19.0 Å². The second-order valence-electron chi connectivity index (χ2n) is 9.29. The molecule has 4 heterocycles. The summed E-state index contributed by atoms with van der Waals surface area (Å²) in [5, 5.41) is 28.5. The third kappa shape index (κ3) is 3.92. The second kappa shape index (κ2) is 8.13. The van der Waals surface area contributed by atoms with Crippen LogP contribution in [-0.2, 0) is 6.54 Å². The Morgan fingerprint density at radius 3 is 2.79 bits per heavy atom. The number of nitrogens with zero attached hydrogens (tertiary/aromatic N) is 7. The largest absolute Gasteiger partial charge is 0.393 e. The Balaban J connectivity index is 1.47. The highest BCUT2D eigenvalue weighted by molar-refractivity contribution is 5.92. The van der Waals surface area contributed by atoms with Gasteiger partial charge in [0, 0.05) is 30.8 Å². The summed E-state index contributed by atoms with van der Waals surface area (Å²) in [4.78, 5) is 10.9. The van der Waals surface area contributed by atoms with Gasteiger partial charge < -0.3 is 20.8 Å². The highest BCUT2D eigenvalue weighted by Gasteiger charge is 2.31. The van der Waals surface area contributed by atoms with Crippen molar-refractivity contribution in [1.82, 2.24) is 29.4 Å². The van der Waals surface area contributed by atoms with Crippen molar-refractivity contribution in [2.45, 2.75) is 50.8 Å². The van der Waals surface area contributed by atoms with Crippen molar-refractivity contribution in [2.75, 3.05) is 23.8 Å². The highest BCUT2D eigenvalue weighted by Crippen LogP contribution is 2.33. The third-order valence-electron chi connectivity index (χ3n) is 6.38. The SMILES string of the molecule is C[C@H]1CC[C@@H](c2nc3c4cc(F)cc(F)c4nc(N)n3n2)CN1c1cnn(C[C@](C)(O)CO)c1. The first-order valence-corrected chi connectivity index (χ1v) is 11.1. The molecule has 1 fully saturated rings. The summed E-state index contributed by atoms with van der Waals surface area (Å²) >= 11 is 0. The van der Waals surface area contributed by atoms with Gasteiger partial charge in [-0.1, -0.05) is 0 Å². The standard InChI is InChI=1S/C22H26F2N8O2/c1-12-3-4-13(8-31(12)15-7-26-30(9-15)10-22(2,34)11-33)19-28-20-16-5-14(23)6-17(24)18(16)27-21(25)32(20)29-19/h5-7,9,12-13,33-34H,3-4,8,10-11H2,1-2H3,(H2,25,27)/t12-,13+,22-/m0/s1. The second-order valence-corrected chi connectivity index (χ2v) is 9.29. The minimum Gasteiger partial charge on any atom is -0.393 e. The fourth-order valence-electron chi connectivity index (χ4n) is 4.51. The van der Waals surface area contributed by atoms with Crippen LogP contribution in [0.3, 0.4) is 0 Å². The van der Waals surface area contributed by atoms with Crippen molar-refractivity contribution in [1.29, 1.82) is 0 Å². The number of nitrogens with two attached hydrogens (primary N) is 1. The molecule has 4 N–H and O–H groups in total. The van der Waals surface area contributed by atoms with Crippen LogP contribution in [0.15, 0.2) is 24.5 Å². The summed E-state index contributed by atoms with van der Waals surface area (Å²) in [7, 11) is 0. The number of aromatic nitrogens is 6. The molecule has 1 aromatic carbocycles. The molecule has 0 spiro atoms. The molecule has 10 nitrogen and oxygen atoms in total. The minimum atomic E-state index is -1.27. The van der Waals surface area contributed by atoms with Crippen LogP contribution in [0.25, 0.3) is 16.6 Å². The van der Waals surface area contributed by atoms with E-state index in [1.165, 1.54) is 10.6 Å². The number of rotatable bonds is 5. The lowest BCUT2D eigenvalue weighted by Crippen LogP contribution is -2.41. The van der Waals surface area contributed by atoms with Gasteiger partial charge in [0.25, 0.3) is 0 Å². The van der Waals surface area contributed by atoms with E-state index < -0.39 is 17.2 Å². The maximum Gasteiger partial charge on any atom is 0.223 e. The average molecular weight is 473 g/mol. The lowest BCUT2D eigenvalue weighted by atomic mass is 9.92. The maximum absolute atomic E-state index is 14.3. The van der Waals surface area contributed by atoms with E-state index in [4.69, 9.17) is 5.73 Å². The fraction of sp³-hybridized carbons (Fsp3) is 0.455. The Labute approximate surface area is 193 Å². The number of piperidine rings is 1. The molecule has 3 atom stereocenters.